The summed E-state index contributed by atoms with van der Waals surface area (Å²) in [7, 11) is 0. The van der Waals surface area contributed by atoms with Gasteiger partial charge in [-0.2, -0.15) is 0 Å². The van der Waals surface area contributed by atoms with Crippen molar-refractivity contribution in [2.24, 2.45) is 0 Å². The topological polar surface area (TPSA) is 75.1 Å². The molecule has 28 heavy (non-hydrogen) atoms. The SMILES string of the molecule is Cc1[nH]c2c(C)cccc2c1CCNC(=O)c1cc2cc(Cl)ccc2oc1=O. The fourth-order valence-corrected chi connectivity index (χ4v) is 3.70. The summed E-state index contributed by atoms with van der Waals surface area (Å²) in [6.07, 6.45) is 0.659. The maximum Gasteiger partial charge on any atom is 0.349 e. The van der Waals surface area contributed by atoms with Crippen LogP contribution in [-0.2, 0) is 6.42 Å². The van der Waals surface area contributed by atoms with E-state index in [-0.39, 0.29) is 5.56 Å². The molecule has 4 rings (SSSR count). The van der Waals surface area contributed by atoms with Crippen LogP contribution in [0.5, 0.6) is 0 Å². The quantitative estimate of drug-likeness (QED) is 0.500. The highest BCUT2D eigenvalue weighted by atomic mass is 35.5. The Morgan fingerprint density at radius 3 is 2.82 bits per heavy atom. The summed E-state index contributed by atoms with van der Waals surface area (Å²) in [5.41, 5.74) is 4.26. The van der Waals surface area contributed by atoms with Gasteiger partial charge in [-0.25, -0.2) is 4.79 Å². The third-order valence-corrected chi connectivity index (χ3v) is 5.20. The maximum atomic E-state index is 12.5. The van der Waals surface area contributed by atoms with Gasteiger partial charge in [0.15, 0.2) is 0 Å². The Labute approximate surface area is 166 Å². The first kappa shape index (κ1) is 18.3. The smallest absolute Gasteiger partial charge is 0.349 e. The summed E-state index contributed by atoms with van der Waals surface area (Å²) in [5, 5.41) is 5.10. The first-order chi connectivity index (χ1) is 13.4. The summed E-state index contributed by atoms with van der Waals surface area (Å²) in [6.45, 7) is 4.50. The van der Waals surface area contributed by atoms with E-state index in [9.17, 15) is 9.59 Å². The molecule has 5 nitrogen and oxygen atoms in total. The summed E-state index contributed by atoms with van der Waals surface area (Å²) in [5.74, 6) is -0.454. The molecule has 6 heteroatoms. The minimum absolute atomic E-state index is 0.0266. The van der Waals surface area contributed by atoms with E-state index in [1.807, 2.05) is 13.0 Å². The summed E-state index contributed by atoms with van der Waals surface area (Å²) in [4.78, 5) is 28.1. The van der Waals surface area contributed by atoms with Gasteiger partial charge in [-0.05, 0) is 55.7 Å². The number of benzene rings is 2. The van der Waals surface area contributed by atoms with Crippen molar-refractivity contribution in [3.63, 3.8) is 0 Å². The number of aromatic nitrogens is 1. The van der Waals surface area contributed by atoms with Crippen LogP contribution in [-0.4, -0.2) is 17.4 Å². The van der Waals surface area contributed by atoms with E-state index in [1.165, 1.54) is 11.6 Å². The fourth-order valence-electron chi connectivity index (χ4n) is 3.52. The number of fused-ring (bicyclic) bond motifs is 2. The van der Waals surface area contributed by atoms with Gasteiger partial charge in [0.05, 0.1) is 0 Å². The second kappa shape index (κ2) is 7.17. The number of carbonyl (C=O) groups is 1. The molecular formula is C22H19ClN2O3. The van der Waals surface area contributed by atoms with Crippen LogP contribution in [0.15, 0.2) is 51.7 Å². The number of para-hydroxylation sites is 1. The third-order valence-electron chi connectivity index (χ3n) is 4.96. The normalized spacial score (nSPS) is 11.2. The number of carbonyl (C=O) groups excluding carboxylic acids is 1. The second-order valence-corrected chi connectivity index (χ2v) is 7.30. The van der Waals surface area contributed by atoms with Gasteiger partial charge in [0, 0.05) is 33.6 Å². The van der Waals surface area contributed by atoms with Crippen molar-refractivity contribution in [3.05, 3.63) is 80.3 Å². The third kappa shape index (κ3) is 3.29. The van der Waals surface area contributed by atoms with Crippen molar-refractivity contribution in [3.8, 4) is 0 Å². The zero-order chi connectivity index (χ0) is 19.8. The number of rotatable bonds is 4. The van der Waals surface area contributed by atoms with E-state index >= 15 is 0 Å². The molecule has 2 N–H and O–H groups in total. The average molecular weight is 395 g/mol. The molecule has 0 atom stereocenters. The van der Waals surface area contributed by atoms with E-state index < -0.39 is 11.5 Å². The van der Waals surface area contributed by atoms with E-state index in [4.69, 9.17) is 16.0 Å². The number of aryl methyl sites for hydroxylation is 2. The minimum Gasteiger partial charge on any atom is -0.422 e. The maximum absolute atomic E-state index is 12.5. The number of hydrogen-bond acceptors (Lipinski definition) is 3. The molecule has 0 unspecified atom stereocenters. The van der Waals surface area contributed by atoms with Crippen molar-refractivity contribution >= 4 is 39.4 Å². The molecular weight excluding hydrogens is 376 g/mol. The number of aromatic amines is 1. The highest BCUT2D eigenvalue weighted by Crippen LogP contribution is 2.25. The molecule has 0 radical (unpaired) electrons. The van der Waals surface area contributed by atoms with E-state index in [1.54, 1.807) is 18.2 Å². The van der Waals surface area contributed by atoms with Gasteiger partial charge < -0.3 is 14.7 Å². The van der Waals surface area contributed by atoms with Gasteiger partial charge in [-0.15, -0.1) is 0 Å². The minimum atomic E-state index is -0.661. The molecule has 2 aromatic carbocycles. The molecule has 0 bridgehead atoms. The van der Waals surface area contributed by atoms with Crippen molar-refractivity contribution < 1.29 is 9.21 Å². The van der Waals surface area contributed by atoms with Crippen LogP contribution in [0.2, 0.25) is 5.02 Å². The molecule has 0 saturated carbocycles. The Morgan fingerprint density at radius 1 is 1.18 bits per heavy atom. The van der Waals surface area contributed by atoms with Crippen LogP contribution in [0.4, 0.5) is 0 Å². The lowest BCUT2D eigenvalue weighted by Crippen LogP contribution is -2.30. The Morgan fingerprint density at radius 2 is 2.00 bits per heavy atom. The second-order valence-electron chi connectivity index (χ2n) is 6.86. The van der Waals surface area contributed by atoms with Gasteiger partial charge in [-0.3, -0.25) is 4.79 Å². The molecule has 0 aliphatic carbocycles. The molecule has 2 heterocycles. The average Bonchev–Trinajstić information content (AvgIpc) is 2.98. The lowest BCUT2D eigenvalue weighted by atomic mass is 10.1. The molecule has 2 aromatic heterocycles. The number of halogens is 1. The highest BCUT2D eigenvalue weighted by Gasteiger charge is 2.15. The van der Waals surface area contributed by atoms with E-state index in [0.29, 0.717) is 29.0 Å². The summed E-state index contributed by atoms with van der Waals surface area (Å²) >= 11 is 5.98. The zero-order valence-electron chi connectivity index (χ0n) is 15.6. The number of amides is 1. The van der Waals surface area contributed by atoms with Gasteiger partial charge >= 0.3 is 5.63 Å². The largest absolute Gasteiger partial charge is 0.422 e. The molecule has 1 amide bonds. The van der Waals surface area contributed by atoms with E-state index in [0.717, 1.165) is 22.2 Å². The molecule has 4 aromatic rings. The summed E-state index contributed by atoms with van der Waals surface area (Å²) < 4.78 is 5.23. The van der Waals surface area contributed by atoms with Crippen LogP contribution in [0, 0.1) is 13.8 Å². The van der Waals surface area contributed by atoms with Crippen molar-refractivity contribution in [2.75, 3.05) is 6.54 Å². The molecule has 0 fully saturated rings. The summed E-state index contributed by atoms with van der Waals surface area (Å²) in [6, 6.07) is 12.6. The number of hydrogen-bond donors (Lipinski definition) is 2. The molecule has 0 spiro atoms. The molecule has 0 aliphatic rings. The number of H-pyrrole nitrogens is 1. The predicted molar refractivity (Wildman–Crippen MR) is 111 cm³/mol. The van der Waals surface area contributed by atoms with E-state index in [2.05, 4.69) is 29.4 Å². The van der Waals surface area contributed by atoms with Crippen LogP contribution >= 0.6 is 11.6 Å². The van der Waals surface area contributed by atoms with Gasteiger partial charge in [-0.1, -0.05) is 29.8 Å². The molecule has 0 aliphatic heterocycles. The van der Waals surface area contributed by atoms with Crippen molar-refractivity contribution in [1.29, 1.82) is 0 Å². The fraction of sp³-hybridized carbons (Fsp3) is 0.182. The Kier molecular flexibility index (Phi) is 4.69. The van der Waals surface area contributed by atoms with Crippen molar-refractivity contribution in [1.82, 2.24) is 10.3 Å². The Balaban J connectivity index is 1.53. The van der Waals surface area contributed by atoms with Crippen LogP contribution < -0.4 is 10.9 Å². The van der Waals surface area contributed by atoms with Gasteiger partial charge in [0.25, 0.3) is 5.91 Å². The molecule has 142 valence electrons. The van der Waals surface area contributed by atoms with Crippen molar-refractivity contribution in [2.45, 2.75) is 20.3 Å². The first-order valence-corrected chi connectivity index (χ1v) is 9.40. The lowest BCUT2D eigenvalue weighted by Gasteiger charge is -2.06. The molecule has 0 saturated heterocycles. The Hall–Kier alpha value is -3.05. The van der Waals surface area contributed by atoms with Crippen LogP contribution in [0.25, 0.3) is 21.9 Å². The lowest BCUT2D eigenvalue weighted by molar-refractivity contribution is 0.0950. The number of nitrogens with one attached hydrogen (secondary N) is 2. The predicted octanol–water partition coefficient (Wildman–Crippen LogP) is 4.52. The zero-order valence-corrected chi connectivity index (χ0v) is 16.3. The van der Waals surface area contributed by atoms with Gasteiger partial charge in [0.2, 0.25) is 0 Å². The standard InChI is InChI=1S/C22H19ClN2O3/c1-12-4-3-5-17-16(13(2)25-20(12)17)8-9-24-21(26)18-11-14-10-15(23)6-7-19(14)28-22(18)27/h3-7,10-11,25H,8-9H2,1-2H3,(H,24,26). The van der Waals surface area contributed by atoms with Crippen LogP contribution in [0.1, 0.15) is 27.2 Å². The monoisotopic (exact) mass is 394 g/mol. The first-order valence-electron chi connectivity index (χ1n) is 9.02. The van der Waals surface area contributed by atoms with Crippen LogP contribution in [0.3, 0.4) is 0 Å². The Bertz CT molecular complexity index is 1270. The highest BCUT2D eigenvalue weighted by molar-refractivity contribution is 6.31. The van der Waals surface area contributed by atoms with Gasteiger partial charge in [0.1, 0.15) is 11.1 Å².